The molecule has 0 saturated carbocycles. The molecule has 104 valence electrons. The van der Waals surface area contributed by atoms with Crippen LogP contribution in [0, 0.1) is 0 Å². The third-order valence-electron chi connectivity index (χ3n) is 2.38. The first kappa shape index (κ1) is 15.3. The highest BCUT2D eigenvalue weighted by Gasteiger charge is 2.13. The van der Waals surface area contributed by atoms with Gasteiger partial charge in [-0.1, -0.05) is 11.6 Å². The number of hydrogen-bond acceptors (Lipinski definition) is 3. The van der Waals surface area contributed by atoms with Crippen LogP contribution >= 0.6 is 11.6 Å². The molecule has 0 heterocycles. The van der Waals surface area contributed by atoms with Crippen molar-refractivity contribution in [2.75, 3.05) is 6.61 Å². The van der Waals surface area contributed by atoms with E-state index in [2.05, 4.69) is 5.32 Å². The Hall–Kier alpha value is -1.75. The number of amides is 1. The molecule has 5 nitrogen and oxygen atoms in total. The molecule has 0 bridgehead atoms. The van der Waals surface area contributed by atoms with Crippen LogP contribution in [0.5, 0.6) is 5.75 Å². The van der Waals surface area contributed by atoms with Gasteiger partial charge in [0.05, 0.1) is 6.61 Å². The molecule has 1 unspecified atom stereocenters. The second-order valence-electron chi connectivity index (χ2n) is 4.03. The molecular weight excluding hydrogens is 270 g/mol. The van der Waals surface area contributed by atoms with E-state index in [1.54, 1.807) is 24.3 Å². The molecule has 1 amide bonds. The first-order valence-electron chi connectivity index (χ1n) is 5.89. The maximum atomic E-state index is 11.4. The number of ether oxygens (including phenoxy) is 1. The number of carbonyl (C=O) groups excluding carboxylic acids is 1. The maximum absolute atomic E-state index is 11.4. The van der Waals surface area contributed by atoms with Gasteiger partial charge in [-0.05, 0) is 37.6 Å². The summed E-state index contributed by atoms with van der Waals surface area (Å²) in [4.78, 5) is 21.9. The van der Waals surface area contributed by atoms with Gasteiger partial charge in [0.25, 0.3) is 0 Å². The van der Waals surface area contributed by atoms with Crippen molar-refractivity contribution in [2.45, 2.75) is 25.8 Å². The molecular formula is C13H16ClNO4. The summed E-state index contributed by atoms with van der Waals surface area (Å²) in [6.07, 6.45) is 0.742. The Labute approximate surface area is 116 Å². The monoisotopic (exact) mass is 285 g/mol. The minimum absolute atomic E-state index is 0.227. The molecule has 0 spiro atoms. The second-order valence-corrected chi connectivity index (χ2v) is 4.47. The highest BCUT2D eigenvalue weighted by atomic mass is 35.5. The lowest BCUT2D eigenvalue weighted by atomic mass is 10.2. The van der Waals surface area contributed by atoms with Gasteiger partial charge in [0.2, 0.25) is 5.91 Å². The fraction of sp³-hybridized carbons (Fsp3) is 0.385. The number of hydrogen-bond donors (Lipinski definition) is 2. The number of carboxylic acid groups (broad SMARTS) is 1. The van der Waals surface area contributed by atoms with Crippen LogP contribution in [0.25, 0.3) is 0 Å². The van der Waals surface area contributed by atoms with Crippen LogP contribution in [0.2, 0.25) is 5.02 Å². The smallest absolute Gasteiger partial charge is 0.325 e. The third-order valence-corrected chi connectivity index (χ3v) is 2.63. The van der Waals surface area contributed by atoms with Gasteiger partial charge in [-0.3, -0.25) is 9.59 Å². The van der Waals surface area contributed by atoms with E-state index in [0.717, 1.165) is 0 Å². The van der Waals surface area contributed by atoms with Crippen molar-refractivity contribution in [3.63, 3.8) is 0 Å². The number of carbonyl (C=O) groups is 2. The van der Waals surface area contributed by atoms with Gasteiger partial charge in [0.15, 0.2) is 0 Å². The fourth-order valence-electron chi connectivity index (χ4n) is 1.33. The Kier molecular flexibility index (Phi) is 6.15. The average molecular weight is 286 g/mol. The molecule has 0 aliphatic heterocycles. The lowest BCUT2D eigenvalue weighted by Crippen LogP contribution is -2.38. The first-order chi connectivity index (χ1) is 8.99. The van der Waals surface area contributed by atoms with Crippen LogP contribution in [0.4, 0.5) is 0 Å². The van der Waals surface area contributed by atoms with E-state index < -0.39 is 12.0 Å². The van der Waals surface area contributed by atoms with Crippen molar-refractivity contribution in [3.8, 4) is 5.75 Å². The number of aliphatic carboxylic acids is 1. The summed E-state index contributed by atoms with van der Waals surface area (Å²) >= 11 is 5.73. The van der Waals surface area contributed by atoms with Crippen LogP contribution in [-0.4, -0.2) is 29.6 Å². The highest BCUT2D eigenvalue weighted by Crippen LogP contribution is 2.15. The summed E-state index contributed by atoms with van der Waals surface area (Å²) < 4.78 is 5.41. The van der Waals surface area contributed by atoms with E-state index in [1.807, 2.05) is 0 Å². The van der Waals surface area contributed by atoms with E-state index in [9.17, 15) is 9.59 Å². The van der Waals surface area contributed by atoms with Crippen LogP contribution in [0.3, 0.4) is 0 Å². The Morgan fingerprint density at radius 2 is 2.00 bits per heavy atom. The zero-order chi connectivity index (χ0) is 14.3. The quantitative estimate of drug-likeness (QED) is 0.752. The Morgan fingerprint density at radius 1 is 1.37 bits per heavy atom. The summed E-state index contributed by atoms with van der Waals surface area (Å²) in [6.45, 7) is 1.81. The lowest BCUT2D eigenvalue weighted by molar-refractivity contribution is -0.141. The largest absolute Gasteiger partial charge is 0.494 e. The number of halogens is 1. The number of carboxylic acids is 1. The second kappa shape index (κ2) is 7.63. The molecule has 2 N–H and O–H groups in total. The van der Waals surface area contributed by atoms with Crippen LogP contribution < -0.4 is 10.1 Å². The van der Waals surface area contributed by atoms with Crippen molar-refractivity contribution >= 4 is 23.5 Å². The van der Waals surface area contributed by atoms with Gasteiger partial charge in [-0.15, -0.1) is 0 Å². The Bertz CT molecular complexity index is 433. The van der Waals surface area contributed by atoms with Crippen LogP contribution in [0.15, 0.2) is 24.3 Å². The topological polar surface area (TPSA) is 75.6 Å². The molecule has 0 radical (unpaired) electrons. The molecule has 19 heavy (non-hydrogen) atoms. The van der Waals surface area contributed by atoms with Crippen molar-refractivity contribution in [1.29, 1.82) is 0 Å². The SMILES string of the molecule is CC(NC(=O)CCCOc1ccc(Cl)cc1)C(=O)O. The van der Waals surface area contributed by atoms with Crippen molar-refractivity contribution < 1.29 is 19.4 Å². The number of rotatable bonds is 7. The van der Waals surface area contributed by atoms with E-state index in [1.165, 1.54) is 6.92 Å². The summed E-state index contributed by atoms with van der Waals surface area (Å²) in [7, 11) is 0. The third kappa shape index (κ3) is 6.10. The van der Waals surface area contributed by atoms with Crippen molar-refractivity contribution in [3.05, 3.63) is 29.3 Å². The Balaban J connectivity index is 2.18. The predicted octanol–water partition coefficient (Wildman–Crippen LogP) is 2.09. The van der Waals surface area contributed by atoms with E-state index in [-0.39, 0.29) is 12.3 Å². The molecule has 0 aromatic heterocycles. The molecule has 1 aromatic carbocycles. The molecule has 0 aliphatic carbocycles. The molecule has 0 aliphatic rings. The van der Waals surface area contributed by atoms with Gasteiger partial charge in [-0.25, -0.2) is 0 Å². The minimum atomic E-state index is -1.05. The first-order valence-corrected chi connectivity index (χ1v) is 6.27. The molecule has 1 rings (SSSR count). The number of nitrogens with one attached hydrogen (secondary N) is 1. The lowest BCUT2D eigenvalue weighted by Gasteiger charge is -2.09. The Morgan fingerprint density at radius 3 is 2.58 bits per heavy atom. The van der Waals surface area contributed by atoms with Crippen molar-refractivity contribution in [1.82, 2.24) is 5.32 Å². The van der Waals surface area contributed by atoms with E-state index in [0.29, 0.717) is 23.8 Å². The van der Waals surface area contributed by atoms with Crippen LogP contribution in [-0.2, 0) is 9.59 Å². The van der Waals surface area contributed by atoms with Gasteiger partial charge in [0, 0.05) is 11.4 Å². The van der Waals surface area contributed by atoms with E-state index in [4.69, 9.17) is 21.4 Å². The average Bonchev–Trinajstić information content (AvgIpc) is 2.36. The zero-order valence-corrected chi connectivity index (χ0v) is 11.3. The van der Waals surface area contributed by atoms with Gasteiger partial charge >= 0.3 is 5.97 Å². The predicted molar refractivity (Wildman–Crippen MR) is 71.4 cm³/mol. The molecule has 1 aromatic rings. The van der Waals surface area contributed by atoms with Gasteiger partial charge in [-0.2, -0.15) is 0 Å². The fourth-order valence-corrected chi connectivity index (χ4v) is 1.45. The summed E-state index contributed by atoms with van der Waals surface area (Å²) in [5.41, 5.74) is 0. The zero-order valence-electron chi connectivity index (χ0n) is 10.6. The van der Waals surface area contributed by atoms with Gasteiger partial charge in [0.1, 0.15) is 11.8 Å². The van der Waals surface area contributed by atoms with Gasteiger partial charge < -0.3 is 15.2 Å². The molecule has 0 saturated heterocycles. The molecule has 0 fully saturated rings. The summed E-state index contributed by atoms with van der Waals surface area (Å²) in [6, 6.07) is 6.06. The number of benzene rings is 1. The standard InChI is InChI=1S/C13H16ClNO4/c1-9(13(17)18)15-12(16)3-2-8-19-11-6-4-10(14)5-7-11/h4-7,9H,2-3,8H2,1H3,(H,15,16)(H,17,18). The maximum Gasteiger partial charge on any atom is 0.325 e. The molecule has 6 heteroatoms. The van der Waals surface area contributed by atoms with Crippen LogP contribution in [0.1, 0.15) is 19.8 Å². The summed E-state index contributed by atoms with van der Waals surface area (Å²) in [5, 5.41) is 11.6. The van der Waals surface area contributed by atoms with E-state index >= 15 is 0 Å². The molecule has 1 atom stereocenters. The normalized spacial score (nSPS) is 11.7. The summed E-state index contributed by atoms with van der Waals surface area (Å²) in [5.74, 6) is -0.663. The highest BCUT2D eigenvalue weighted by molar-refractivity contribution is 6.30. The minimum Gasteiger partial charge on any atom is -0.494 e. The van der Waals surface area contributed by atoms with Crippen molar-refractivity contribution in [2.24, 2.45) is 0 Å².